The fourth-order valence-corrected chi connectivity index (χ4v) is 0.939. The molecule has 1 atom stereocenters. The van der Waals surface area contributed by atoms with Crippen LogP contribution in [0.15, 0.2) is 11.4 Å². The Morgan fingerprint density at radius 3 is 3.07 bits per heavy atom. The monoisotopic (exact) mass is 216 g/mol. The van der Waals surface area contributed by atoms with E-state index in [2.05, 4.69) is 20.5 Å². The standard InChI is InChI=1S/C7H9ClN4O2/c1-4(3-13)10-6-5(12-14)2-9-7(8)11-6/h2,4,13H,3H2,1H3,(H,9,10,11)/t4-/m1/s1. The van der Waals surface area contributed by atoms with Crippen molar-refractivity contribution in [2.24, 2.45) is 5.18 Å². The second kappa shape index (κ2) is 4.83. The molecule has 0 fully saturated rings. The normalized spacial score (nSPS) is 12.2. The number of aliphatic hydroxyl groups excluding tert-OH is 1. The summed E-state index contributed by atoms with van der Waals surface area (Å²) >= 11 is 5.53. The van der Waals surface area contributed by atoms with Gasteiger partial charge in [0.2, 0.25) is 5.28 Å². The van der Waals surface area contributed by atoms with Crippen molar-refractivity contribution in [3.63, 3.8) is 0 Å². The SMILES string of the molecule is C[C@H](CO)Nc1nc(Cl)ncc1N=O. The summed E-state index contributed by atoms with van der Waals surface area (Å²) in [4.78, 5) is 17.7. The largest absolute Gasteiger partial charge is 0.394 e. The first-order chi connectivity index (χ1) is 6.67. The summed E-state index contributed by atoms with van der Waals surface area (Å²) in [6.07, 6.45) is 1.22. The Hall–Kier alpha value is -1.27. The Kier molecular flexibility index (Phi) is 3.73. The minimum atomic E-state index is -0.235. The predicted octanol–water partition coefficient (Wildman–Crippen LogP) is 1.32. The van der Waals surface area contributed by atoms with Crippen LogP contribution in [-0.2, 0) is 0 Å². The van der Waals surface area contributed by atoms with Crippen molar-refractivity contribution in [2.45, 2.75) is 13.0 Å². The van der Waals surface area contributed by atoms with Crippen LogP contribution in [0.4, 0.5) is 11.5 Å². The highest BCUT2D eigenvalue weighted by Crippen LogP contribution is 2.22. The fourth-order valence-electron chi connectivity index (χ4n) is 0.806. The van der Waals surface area contributed by atoms with Crippen molar-refractivity contribution in [3.8, 4) is 0 Å². The van der Waals surface area contributed by atoms with Gasteiger partial charge in [0.05, 0.1) is 12.8 Å². The summed E-state index contributed by atoms with van der Waals surface area (Å²) < 4.78 is 0. The zero-order valence-electron chi connectivity index (χ0n) is 7.44. The molecule has 0 unspecified atom stereocenters. The lowest BCUT2D eigenvalue weighted by atomic mass is 10.3. The zero-order chi connectivity index (χ0) is 10.6. The maximum Gasteiger partial charge on any atom is 0.224 e. The van der Waals surface area contributed by atoms with Crippen LogP contribution < -0.4 is 5.32 Å². The number of anilines is 1. The van der Waals surface area contributed by atoms with Crippen molar-refractivity contribution in [3.05, 3.63) is 16.4 Å². The van der Waals surface area contributed by atoms with Gasteiger partial charge in [-0.1, -0.05) is 0 Å². The first-order valence-electron chi connectivity index (χ1n) is 3.90. The average molecular weight is 217 g/mol. The molecule has 0 saturated carbocycles. The molecule has 1 heterocycles. The van der Waals surface area contributed by atoms with E-state index in [1.165, 1.54) is 6.20 Å². The van der Waals surface area contributed by atoms with E-state index in [9.17, 15) is 4.91 Å². The quantitative estimate of drug-likeness (QED) is 0.586. The highest BCUT2D eigenvalue weighted by atomic mass is 35.5. The van der Waals surface area contributed by atoms with Gasteiger partial charge in [-0.2, -0.15) is 4.98 Å². The molecule has 0 radical (unpaired) electrons. The molecule has 0 aromatic carbocycles. The molecule has 0 amide bonds. The van der Waals surface area contributed by atoms with E-state index in [0.717, 1.165) is 0 Å². The highest BCUT2D eigenvalue weighted by molar-refractivity contribution is 6.28. The topological polar surface area (TPSA) is 87.5 Å². The highest BCUT2D eigenvalue weighted by Gasteiger charge is 2.09. The molecule has 1 aromatic heterocycles. The number of nitrogens with zero attached hydrogens (tertiary/aromatic N) is 3. The Labute approximate surface area is 85.3 Å². The number of nitroso groups, excluding NO2 is 1. The zero-order valence-corrected chi connectivity index (χ0v) is 8.19. The minimum Gasteiger partial charge on any atom is -0.394 e. The van der Waals surface area contributed by atoms with Crippen LogP contribution in [0.3, 0.4) is 0 Å². The van der Waals surface area contributed by atoms with Crippen molar-refractivity contribution >= 4 is 23.1 Å². The van der Waals surface area contributed by atoms with E-state index in [1.807, 2.05) is 0 Å². The summed E-state index contributed by atoms with van der Waals surface area (Å²) in [5.74, 6) is 0.224. The van der Waals surface area contributed by atoms with Crippen LogP contribution in [0.25, 0.3) is 0 Å². The summed E-state index contributed by atoms with van der Waals surface area (Å²) in [6.45, 7) is 1.64. The second-order valence-electron chi connectivity index (χ2n) is 2.69. The maximum atomic E-state index is 10.3. The third-order valence-electron chi connectivity index (χ3n) is 1.50. The van der Waals surface area contributed by atoms with E-state index in [1.54, 1.807) is 6.92 Å². The summed E-state index contributed by atoms with van der Waals surface area (Å²) in [5.41, 5.74) is 0.0645. The van der Waals surface area contributed by atoms with E-state index >= 15 is 0 Å². The number of hydrogen-bond donors (Lipinski definition) is 2. The van der Waals surface area contributed by atoms with Crippen LogP contribution in [0.5, 0.6) is 0 Å². The predicted molar refractivity (Wildman–Crippen MR) is 52.7 cm³/mol. The third kappa shape index (κ3) is 2.61. The molecule has 0 aliphatic heterocycles. The molecule has 0 spiro atoms. The average Bonchev–Trinajstić information content (AvgIpc) is 2.18. The Morgan fingerprint density at radius 2 is 2.50 bits per heavy atom. The molecule has 14 heavy (non-hydrogen) atoms. The molecule has 0 bridgehead atoms. The lowest BCUT2D eigenvalue weighted by Gasteiger charge is -2.11. The number of halogens is 1. The van der Waals surface area contributed by atoms with Crippen LogP contribution in [0.1, 0.15) is 6.92 Å². The molecular formula is C7H9ClN4O2. The van der Waals surface area contributed by atoms with Gasteiger partial charge < -0.3 is 10.4 Å². The number of rotatable bonds is 4. The van der Waals surface area contributed by atoms with Gasteiger partial charge in [0.1, 0.15) is 0 Å². The Bertz CT molecular complexity index is 333. The summed E-state index contributed by atoms with van der Waals surface area (Å²) in [6, 6.07) is -0.235. The lowest BCUT2D eigenvalue weighted by Crippen LogP contribution is -2.20. The van der Waals surface area contributed by atoms with Crippen LogP contribution in [0, 0.1) is 4.91 Å². The van der Waals surface area contributed by atoms with Gasteiger partial charge in [0.15, 0.2) is 11.5 Å². The first kappa shape index (κ1) is 10.8. The molecule has 76 valence electrons. The molecule has 2 N–H and O–H groups in total. The molecule has 0 aliphatic carbocycles. The smallest absolute Gasteiger partial charge is 0.224 e. The molecule has 0 saturated heterocycles. The van der Waals surface area contributed by atoms with Crippen LogP contribution in [-0.4, -0.2) is 27.7 Å². The van der Waals surface area contributed by atoms with Crippen LogP contribution >= 0.6 is 11.6 Å². The fraction of sp³-hybridized carbons (Fsp3) is 0.429. The van der Waals surface area contributed by atoms with Crippen molar-refractivity contribution in [1.29, 1.82) is 0 Å². The molecule has 0 aliphatic rings. The molecule has 7 heteroatoms. The Balaban J connectivity index is 2.92. The van der Waals surface area contributed by atoms with E-state index in [4.69, 9.17) is 16.7 Å². The minimum absolute atomic E-state index is 0.0186. The van der Waals surface area contributed by atoms with Crippen molar-refractivity contribution < 1.29 is 5.11 Å². The Morgan fingerprint density at radius 1 is 1.79 bits per heavy atom. The maximum absolute atomic E-state index is 10.3. The molecule has 1 aromatic rings. The molecule has 6 nitrogen and oxygen atoms in total. The van der Waals surface area contributed by atoms with E-state index in [-0.39, 0.29) is 29.4 Å². The van der Waals surface area contributed by atoms with Gasteiger partial charge in [-0.25, -0.2) is 4.98 Å². The molecule has 1 rings (SSSR count). The van der Waals surface area contributed by atoms with Gasteiger partial charge in [0, 0.05) is 6.04 Å². The summed E-state index contributed by atoms with van der Waals surface area (Å²) in [7, 11) is 0. The van der Waals surface area contributed by atoms with Crippen molar-refractivity contribution in [2.75, 3.05) is 11.9 Å². The number of nitrogens with one attached hydrogen (secondary N) is 1. The van der Waals surface area contributed by atoms with Gasteiger partial charge in [-0.05, 0) is 23.7 Å². The molecular weight excluding hydrogens is 208 g/mol. The number of aliphatic hydroxyl groups is 1. The van der Waals surface area contributed by atoms with Gasteiger partial charge in [-0.15, -0.1) is 4.91 Å². The summed E-state index contributed by atoms with van der Waals surface area (Å²) in [5, 5.41) is 14.3. The van der Waals surface area contributed by atoms with E-state index in [0.29, 0.717) is 0 Å². The lowest BCUT2D eigenvalue weighted by molar-refractivity contribution is 0.281. The van der Waals surface area contributed by atoms with E-state index < -0.39 is 0 Å². The van der Waals surface area contributed by atoms with Gasteiger partial charge >= 0.3 is 0 Å². The van der Waals surface area contributed by atoms with Gasteiger partial charge in [-0.3, -0.25) is 0 Å². The van der Waals surface area contributed by atoms with Crippen LogP contribution in [0.2, 0.25) is 5.28 Å². The first-order valence-corrected chi connectivity index (χ1v) is 4.28. The van der Waals surface area contributed by atoms with Crippen molar-refractivity contribution in [1.82, 2.24) is 9.97 Å². The third-order valence-corrected chi connectivity index (χ3v) is 1.68. The second-order valence-corrected chi connectivity index (χ2v) is 3.03. The number of hydrogen-bond acceptors (Lipinski definition) is 6. The number of aromatic nitrogens is 2. The van der Waals surface area contributed by atoms with Gasteiger partial charge in [0.25, 0.3) is 0 Å².